The first-order valence-corrected chi connectivity index (χ1v) is 9.68. The molecule has 0 bridgehead atoms. The number of thioether (sulfide) groups is 1. The summed E-state index contributed by atoms with van der Waals surface area (Å²) in [6.07, 6.45) is 3.26. The highest BCUT2D eigenvalue weighted by Gasteiger charge is 2.26. The summed E-state index contributed by atoms with van der Waals surface area (Å²) in [5.41, 5.74) is -0.371. The fourth-order valence-corrected chi connectivity index (χ4v) is 5.97. The van der Waals surface area contributed by atoms with Gasteiger partial charge >= 0.3 is 0 Å². The molecule has 20 heavy (non-hydrogen) atoms. The number of nitrogens with one attached hydrogen (secondary N) is 1. The van der Waals surface area contributed by atoms with Crippen molar-refractivity contribution < 1.29 is 13.3 Å². The van der Waals surface area contributed by atoms with Crippen LogP contribution in [0.3, 0.4) is 0 Å². The number of nitrogens with zero attached hydrogens (tertiary/aromatic N) is 1. The number of hydrogen-bond donors (Lipinski definition) is 1. The van der Waals surface area contributed by atoms with Gasteiger partial charge in [0.25, 0.3) is 5.69 Å². The molecule has 112 valence electrons. The largest absolute Gasteiger partial charge is 0.300 e. The Hall–Kier alpha value is -0.350. The maximum Gasteiger partial charge on any atom is 0.300 e. The molecule has 1 saturated heterocycles. The van der Waals surface area contributed by atoms with Crippen LogP contribution < -0.4 is 4.72 Å². The summed E-state index contributed by atoms with van der Waals surface area (Å²) in [7, 11) is -3.73. The van der Waals surface area contributed by atoms with E-state index in [2.05, 4.69) is 4.72 Å². The maximum atomic E-state index is 12.1. The van der Waals surface area contributed by atoms with Crippen LogP contribution in [0.25, 0.3) is 0 Å². The lowest BCUT2D eigenvalue weighted by Gasteiger charge is -2.21. The van der Waals surface area contributed by atoms with Crippen LogP contribution in [0.5, 0.6) is 0 Å². The molecule has 1 atom stereocenters. The molecule has 1 unspecified atom stereocenters. The third-order valence-electron chi connectivity index (χ3n) is 2.88. The first-order chi connectivity index (χ1) is 9.40. The topological polar surface area (TPSA) is 89.3 Å². The number of halogens is 1. The molecule has 0 aromatic carbocycles. The number of nitro groups is 1. The molecule has 0 radical (unpaired) electrons. The van der Waals surface area contributed by atoms with Crippen molar-refractivity contribution in [3.63, 3.8) is 0 Å². The second-order valence-electron chi connectivity index (χ2n) is 4.32. The molecule has 2 rings (SSSR count). The maximum absolute atomic E-state index is 12.1. The number of sulfonamides is 1. The lowest BCUT2D eigenvalue weighted by atomic mass is 10.2. The van der Waals surface area contributed by atoms with Gasteiger partial charge < -0.3 is 0 Å². The second kappa shape index (κ2) is 6.61. The molecule has 10 heteroatoms. The van der Waals surface area contributed by atoms with Crippen molar-refractivity contribution in [3.8, 4) is 0 Å². The quantitative estimate of drug-likeness (QED) is 0.647. The van der Waals surface area contributed by atoms with Gasteiger partial charge in [-0.25, -0.2) is 13.1 Å². The van der Waals surface area contributed by atoms with E-state index < -0.39 is 14.9 Å². The Morgan fingerprint density at radius 2 is 2.25 bits per heavy atom. The highest BCUT2D eigenvalue weighted by atomic mass is 35.5. The van der Waals surface area contributed by atoms with Crippen molar-refractivity contribution >= 4 is 50.4 Å². The summed E-state index contributed by atoms with van der Waals surface area (Å²) in [4.78, 5) is 9.99. The van der Waals surface area contributed by atoms with E-state index in [0.29, 0.717) is 17.9 Å². The lowest BCUT2D eigenvalue weighted by molar-refractivity contribution is -0.384. The van der Waals surface area contributed by atoms with Gasteiger partial charge in [0.05, 0.1) is 4.92 Å². The highest BCUT2D eigenvalue weighted by Crippen LogP contribution is 2.36. The van der Waals surface area contributed by atoms with Gasteiger partial charge in [-0.05, 0) is 18.6 Å². The zero-order valence-electron chi connectivity index (χ0n) is 10.4. The van der Waals surface area contributed by atoms with Crippen molar-refractivity contribution in [3.05, 3.63) is 20.5 Å². The molecule has 1 aromatic heterocycles. The van der Waals surface area contributed by atoms with E-state index >= 15 is 0 Å². The summed E-state index contributed by atoms with van der Waals surface area (Å²) >= 11 is 8.13. The van der Waals surface area contributed by atoms with E-state index in [4.69, 9.17) is 11.6 Å². The molecule has 2 heterocycles. The average Bonchev–Trinajstić information content (AvgIpc) is 2.81. The molecule has 0 amide bonds. The Kier molecular flexibility index (Phi) is 5.30. The molecular weight excluding hydrogens is 344 g/mol. The van der Waals surface area contributed by atoms with Crippen LogP contribution in [0.2, 0.25) is 4.34 Å². The average molecular weight is 357 g/mol. The Labute approximate surface area is 130 Å². The first-order valence-electron chi connectivity index (χ1n) is 5.95. The predicted molar refractivity (Wildman–Crippen MR) is 81.3 cm³/mol. The van der Waals surface area contributed by atoms with E-state index in [1.807, 2.05) is 0 Å². The summed E-state index contributed by atoms with van der Waals surface area (Å²) in [6, 6.07) is 1.00. The SMILES string of the molecule is O=[N+]([O-])c1cc(S(=O)(=O)NCC2CCCCS2)sc1Cl. The minimum Gasteiger partial charge on any atom is -0.258 e. The minimum absolute atomic E-state index is 0.116. The molecule has 1 fully saturated rings. The molecule has 1 N–H and O–H groups in total. The zero-order chi connectivity index (χ0) is 14.8. The standard InChI is InChI=1S/C10H13ClN2O4S3/c11-10-8(13(14)15)5-9(19-10)20(16,17)12-6-7-3-1-2-4-18-7/h5,7,12H,1-4,6H2. The number of thiophene rings is 1. The fraction of sp³-hybridized carbons (Fsp3) is 0.600. The van der Waals surface area contributed by atoms with Crippen LogP contribution in [-0.2, 0) is 10.0 Å². The molecule has 1 aliphatic rings. The molecule has 0 saturated carbocycles. The van der Waals surface area contributed by atoms with Gasteiger partial charge in [-0.1, -0.05) is 18.0 Å². The van der Waals surface area contributed by atoms with E-state index in [0.717, 1.165) is 24.7 Å². The van der Waals surface area contributed by atoms with Gasteiger partial charge in [0, 0.05) is 17.9 Å². The third kappa shape index (κ3) is 3.85. The minimum atomic E-state index is -3.73. The van der Waals surface area contributed by atoms with Gasteiger partial charge in [0.1, 0.15) is 4.21 Å². The number of rotatable bonds is 5. The van der Waals surface area contributed by atoms with Gasteiger partial charge in [-0.15, -0.1) is 11.3 Å². The van der Waals surface area contributed by atoms with E-state index in [1.165, 1.54) is 6.42 Å². The van der Waals surface area contributed by atoms with Crippen molar-refractivity contribution in [2.45, 2.75) is 28.7 Å². The molecule has 1 aliphatic heterocycles. The van der Waals surface area contributed by atoms with Crippen molar-refractivity contribution in [1.82, 2.24) is 4.72 Å². The highest BCUT2D eigenvalue weighted by molar-refractivity contribution is 8.00. The Morgan fingerprint density at radius 1 is 1.50 bits per heavy atom. The van der Waals surface area contributed by atoms with Crippen LogP contribution in [0.1, 0.15) is 19.3 Å². The van der Waals surface area contributed by atoms with Crippen LogP contribution >= 0.6 is 34.7 Å². The molecule has 1 aromatic rings. The normalized spacial score (nSPS) is 19.9. The summed E-state index contributed by atoms with van der Waals surface area (Å²) in [6.45, 7) is 0.344. The summed E-state index contributed by atoms with van der Waals surface area (Å²) in [5.74, 6) is 1.04. The van der Waals surface area contributed by atoms with Gasteiger partial charge in [-0.3, -0.25) is 10.1 Å². The van der Waals surface area contributed by atoms with Crippen LogP contribution in [0.4, 0.5) is 5.69 Å². The molecule has 6 nitrogen and oxygen atoms in total. The Bertz CT molecular complexity index is 596. The van der Waals surface area contributed by atoms with Crippen LogP contribution in [-0.4, -0.2) is 30.9 Å². The Morgan fingerprint density at radius 3 is 2.80 bits per heavy atom. The zero-order valence-corrected chi connectivity index (χ0v) is 13.6. The predicted octanol–water partition coefficient (Wildman–Crippen LogP) is 2.87. The smallest absolute Gasteiger partial charge is 0.258 e. The van der Waals surface area contributed by atoms with Crippen molar-refractivity contribution in [2.24, 2.45) is 0 Å². The van der Waals surface area contributed by atoms with E-state index in [1.54, 1.807) is 11.8 Å². The monoisotopic (exact) mass is 356 g/mol. The Balaban J connectivity index is 2.06. The first kappa shape index (κ1) is 16.0. The molecule has 0 aliphatic carbocycles. The number of hydrogen-bond acceptors (Lipinski definition) is 6. The van der Waals surface area contributed by atoms with Crippen LogP contribution in [0, 0.1) is 10.1 Å². The summed E-state index contributed by atoms with van der Waals surface area (Å²) < 4.78 is 26.4. The van der Waals surface area contributed by atoms with E-state index in [9.17, 15) is 18.5 Å². The third-order valence-corrected chi connectivity index (χ3v) is 7.52. The van der Waals surface area contributed by atoms with Gasteiger partial charge in [0.2, 0.25) is 10.0 Å². The van der Waals surface area contributed by atoms with Crippen molar-refractivity contribution in [1.29, 1.82) is 0 Å². The molecule has 0 spiro atoms. The summed E-state index contributed by atoms with van der Waals surface area (Å²) in [5, 5.41) is 10.9. The molecular formula is C10H13ClN2O4S3. The van der Waals surface area contributed by atoms with Crippen LogP contribution in [0.15, 0.2) is 10.3 Å². The fourth-order valence-electron chi connectivity index (χ4n) is 1.84. The van der Waals surface area contributed by atoms with E-state index in [-0.39, 0.29) is 19.5 Å². The van der Waals surface area contributed by atoms with Gasteiger partial charge in [-0.2, -0.15) is 11.8 Å². The van der Waals surface area contributed by atoms with Crippen molar-refractivity contribution in [2.75, 3.05) is 12.3 Å². The lowest BCUT2D eigenvalue weighted by Crippen LogP contribution is -2.31. The second-order valence-corrected chi connectivity index (χ2v) is 9.38. The van der Waals surface area contributed by atoms with Gasteiger partial charge in [0.15, 0.2) is 4.34 Å².